The molecule has 0 aromatic heterocycles. The number of halogens is 1. The van der Waals surface area contributed by atoms with E-state index in [-0.39, 0.29) is 18.3 Å². The van der Waals surface area contributed by atoms with Gasteiger partial charge in [-0.15, -0.1) is 0 Å². The molecule has 0 heterocycles. The minimum Gasteiger partial charge on any atom is -0.381 e. The third-order valence-electron chi connectivity index (χ3n) is 2.51. The molecule has 0 bridgehead atoms. The van der Waals surface area contributed by atoms with Crippen molar-refractivity contribution in [3.63, 3.8) is 0 Å². The number of carbonyl (C=O) groups excluding carboxylic acids is 1. The molecular weight excluding hydrogens is 259 g/mol. The van der Waals surface area contributed by atoms with Gasteiger partial charge in [0.25, 0.3) is 0 Å². The summed E-state index contributed by atoms with van der Waals surface area (Å²) in [4.78, 5) is 11.6. The van der Waals surface area contributed by atoms with Crippen molar-refractivity contribution < 1.29 is 13.9 Å². The van der Waals surface area contributed by atoms with Crippen molar-refractivity contribution in [3.05, 3.63) is 30.1 Å². The van der Waals surface area contributed by atoms with Gasteiger partial charge in [-0.25, -0.2) is 4.39 Å². The van der Waals surface area contributed by atoms with E-state index in [1.165, 1.54) is 24.3 Å². The van der Waals surface area contributed by atoms with Crippen molar-refractivity contribution in [2.24, 2.45) is 5.92 Å². The maximum atomic E-state index is 12.7. The van der Waals surface area contributed by atoms with Crippen LogP contribution in [0.5, 0.6) is 0 Å². The molecule has 1 rings (SSSR count). The quantitative estimate of drug-likeness (QED) is 0.684. The van der Waals surface area contributed by atoms with E-state index in [1.54, 1.807) is 0 Å². The summed E-state index contributed by atoms with van der Waals surface area (Å²) in [6.07, 6.45) is 0.872. The maximum absolute atomic E-state index is 12.7. The third-order valence-corrected chi connectivity index (χ3v) is 2.51. The van der Waals surface area contributed by atoms with Gasteiger partial charge in [0.05, 0.1) is 6.54 Å². The number of anilines is 1. The van der Waals surface area contributed by atoms with Gasteiger partial charge in [0.2, 0.25) is 5.91 Å². The van der Waals surface area contributed by atoms with E-state index >= 15 is 0 Å². The van der Waals surface area contributed by atoms with E-state index in [1.807, 2.05) is 0 Å². The smallest absolute Gasteiger partial charge is 0.238 e. The number of ether oxygens (including phenoxy) is 1. The molecule has 4 nitrogen and oxygen atoms in total. The molecule has 1 aromatic rings. The highest BCUT2D eigenvalue weighted by atomic mass is 19.1. The molecule has 0 aliphatic carbocycles. The third kappa shape index (κ3) is 7.86. The Morgan fingerprint density at radius 2 is 2.00 bits per heavy atom. The second kappa shape index (κ2) is 9.44. The van der Waals surface area contributed by atoms with Crippen molar-refractivity contribution in [1.82, 2.24) is 5.32 Å². The lowest BCUT2D eigenvalue weighted by atomic mass is 10.2. The van der Waals surface area contributed by atoms with Crippen molar-refractivity contribution >= 4 is 11.6 Å². The fraction of sp³-hybridized carbons (Fsp3) is 0.533. The summed E-state index contributed by atoms with van der Waals surface area (Å²) in [7, 11) is 0. The lowest BCUT2D eigenvalue weighted by Gasteiger charge is -2.08. The zero-order valence-electron chi connectivity index (χ0n) is 12.1. The van der Waals surface area contributed by atoms with Crippen LogP contribution in [0.3, 0.4) is 0 Å². The lowest BCUT2D eigenvalue weighted by Crippen LogP contribution is -2.29. The number of carbonyl (C=O) groups is 1. The molecule has 5 heteroatoms. The van der Waals surface area contributed by atoms with Gasteiger partial charge in [0.1, 0.15) is 5.82 Å². The Kier molecular flexibility index (Phi) is 7.84. The molecule has 0 aliphatic heterocycles. The van der Waals surface area contributed by atoms with E-state index in [9.17, 15) is 9.18 Å². The van der Waals surface area contributed by atoms with Crippen molar-refractivity contribution in [2.45, 2.75) is 20.3 Å². The summed E-state index contributed by atoms with van der Waals surface area (Å²) in [5, 5.41) is 5.73. The summed E-state index contributed by atoms with van der Waals surface area (Å²) in [5.74, 6) is 0.0895. The van der Waals surface area contributed by atoms with Crippen LogP contribution in [0.4, 0.5) is 10.1 Å². The molecule has 20 heavy (non-hydrogen) atoms. The summed E-state index contributed by atoms with van der Waals surface area (Å²) in [5.41, 5.74) is 0.596. The number of nitrogens with one attached hydrogen (secondary N) is 2. The average molecular weight is 282 g/mol. The van der Waals surface area contributed by atoms with Crippen LogP contribution in [0.1, 0.15) is 20.3 Å². The molecule has 0 aliphatic rings. The van der Waals surface area contributed by atoms with Crippen molar-refractivity contribution in [2.75, 3.05) is 31.6 Å². The Bertz CT molecular complexity index is 393. The Hall–Kier alpha value is -1.46. The molecule has 0 spiro atoms. The Balaban J connectivity index is 2.04. The van der Waals surface area contributed by atoms with E-state index < -0.39 is 0 Å². The molecule has 1 aromatic carbocycles. The van der Waals surface area contributed by atoms with Gasteiger partial charge >= 0.3 is 0 Å². The Morgan fingerprint density at radius 1 is 1.30 bits per heavy atom. The summed E-state index contributed by atoms with van der Waals surface area (Å²) >= 11 is 0. The predicted octanol–water partition coefficient (Wildman–Crippen LogP) is 2.42. The van der Waals surface area contributed by atoms with Gasteiger partial charge in [-0.1, -0.05) is 13.8 Å². The van der Waals surface area contributed by atoms with Crippen molar-refractivity contribution in [3.8, 4) is 0 Å². The first-order valence-corrected chi connectivity index (χ1v) is 6.92. The highest BCUT2D eigenvalue weighted by Crippen LogP contribution is 2.07. The summed E-state index contributed by atoms with van der Waals surface area (Å²) in [6, 6.07) is 5.70. The number of rotatable bonds is 9. The standard InChI is InChI=1S/C15H23FN2O2/c1-12(2)11-20-9-3-8-17-10-15(19)18-14-6-4-13(16)5-7-14/h4-7,12,17H,3,8-11H2,1-2H3,(H,18,19). The topological polar surface area (TPSA) is 50.4 Å². The zero-order chi connectivity index (χ0) is 14.8. The van der Waals surface area contributed by atoms with E-state index in [0.717, 1.165) is 19.6 Å². The van der Waals surface area contributed by atoms with Gasteiger partial charge < -0.3 is 15.4 Å². The molecule has 112 valence electrons. The van der Waals surface area contributed by atoms with E-state index in [2.05, 4.69) is 24.5 Å². The van der Waals surface area contributed by atoms with Gasteiger partial charge in [-0.05, 0) is 43.1 Å². The zero-order valence-corrected chi connectivity index (χ0v) is 12.1. The van der Waals surface area contributed by atoms with Gasteiger partial charge in [0, 0.05) is 18.9 Å². The largest absolute Gasteiger partial charge is 0.381 e. The first-order valence-electron chi connectivity index (χ1n) is 6.92. The normalized spacial score (nSPS) is 10.8. The number of hydrogen-bond donors (Lipinski definition) is 2. The van der Waals surface area contributed by atoms with Gasteiger partial charge in [0.15, 0.2) is 0 Å². The van der Waals surface area contributed by atoms with Gasteiger partial charge in [-0.3, -0.25) is 4.79 Å². The van der Waals surface area contributed by atoms with E-state index in [0.29, 0.717) is 18.2 Å². The summed E-state index contributed by atoms with van der Waals surface area (Å²) < 4.78 is 18.1. The predicted molar refractivity (Wildman–Crippen MR) is 78.2 cm³/mol. The molecule has 0 unspecified atom stereocenters. The van der Waals surface area contributed by atoms with Gasteiger partial charge in [-0.2, -0.15) is 0 Å². The number of hydrogen-bond acceptors (Lipinski definition) is 3. The SMILES string of the molecule is CC(C)COCCCNCC(=O)Nc1ccc(F)cc1. The van der Waals surface area contributed by atoms with Crippen molar-refractivity contribution in [1.29, 1.82) is 0 Å². The Labute approximate surface area is 119 Å². The molecule has 0 atom stereocenters. The monoisotopic (exact) mass is 282 g/mol. The fourth-order valence-electron chi connectivity index (χ4n) is 1.56. The first kappa shape index (κ1) is 16.6. The molecule has 0 radical (unpaired) electrons. The first-order chi connectivity index (χ1) is 9.58. The second-order valence-corrected chi connectivity index (χ2v) is 5.05. The van der Waals surface area contributed by atoms with Crippen LogP contribution >= 0.6 is 0 Å². The molecule has 2 N–H and O–H groups in total. The van der Waals surface area contributed by atoms with E-state index in [4.69, 9.17) is 4.74 Å². The minimum atomic E-state index is -0.317. The highest BCUT2D eigenvalue weighted by Gasteiger charge is 2.01. The van der Waals surface area contributed by atoms with Crippen LogP contribution in [0.25, 0.3) is 0 Å². The van der Waals surface area contributed by atoms with Crippen LogP contribution in [0.15, 0.2) is 24.3 Å². The van der Waals surface area contributed by atoms with Crippen LogP contribution in [-0.2, 0) is 9.53 Å². The number of amides is 1. The second-order valence-electron chi connectivity index (χ2n) is 5.05. The maximum Gasteiger partial charge on any atom is 0.238 e. The summed E-state index contributed by atoms with van der Waals surface area (Å²) in [6.45, 7) is 6.66. The molecule has 0 saturated carbocycles. The lowest BCUT2D eigenvalue weighted by molar-refractivity contribution is -0.115. The van der Waals surface area contributed by atoms with Crippen LogP contribution in [0, 0.1) is 11.7 Å². The number of benzene rings is 1. The highest BCUT2D eigenvalue weighted by molar-refractivity contribution is 5.92. The minimum absolute atomic E-state index is 0.139. The molecule has 0 saturated heterocycles. The van der Waals surface area contributed by atoms with Crippen LogP contribution in [-0.4, -0.2) is 32.2 Å². The van der Waals surface area contributed by atoms with Crippen LogP contribution in [0.2, 0.25) is 0 Å². The molecule has 0 fully saturated rings. The molecule has 1 amide bonds. The molecular formula is C15H23FN2O2. The fourth-order valence-corrected chi connectivity index (χ4v) is 1.56. The Morgan fingerprint density at radius 3 is 2.65 bits per heavy atom. The average Bonchev–Trinajstić information content (AvgIpc) is 2.40. The van der Waals surface area contributed by atoms with Crippen LogP contribution < -0.4 is 10.6 Å².